The molecule has 1 aliphatic rings. The number of carbonyl (C=O) groups is 2. The second kappa shape index (κ2) is 7.63. The highest BCUT2D eigenvalue weighted by Gasteiger charge is 2.21. The molecule has 0 fully saturated rings. The Hall–Kier alpha value is -3.88. The van der Waals surface area contributed by atoms with Crippen LogP contribution < -0.4 is 26.1 Å². The molecule has 0 radical (unpaired) electrons. The molecule has 1 aliphatic heterocycles. The van der Waals surface area contributed by atoms with E-state index >= 15 is 0 Å². The van der Waals surface area contributed by atoms with Crippen molar-refractivity contribution in [3.8, 4) is 11.5 Å². The van der Waals surface area contributed by atoms with Crippen LogP contribution in [0.4, 0.5) is 0 Å². The number of nitrogens with one attached hydrogen (secondary N) is 1. The van der Waals surface area contributed by atoms with Gasteiger partial charge in [0.1, 0.15) is 19.3 Å². The summed E-state index contributed by atoms with van der Waals surface area (Å²) in [5, 5.41) is 7.30. The Morgan fingerprint density at radius 1 is 1.10 bits per heavy atom. The second-order valence-corrected chi connectivity index (χ2v) is 6.52. The zero-order valence-corrected chi connectivity index (χ0v) is 15.3. The van der Waals surface area contributed by atoms with Crippen LogP contribution in [0.2, 0.25) is 0 Å². The first-order chi connectivity index (χ1) is 14.0. The van der Waals surface area contributed by atoms with Gasteiger partial charge in [-0.05, 0) is 18.2 Å². The van der Waals surface area contributed by atoms with Crippen LogP contribution in [0, 0.1) is 0 Å². The highest BCUT2D eigenvalue weighted by molar-refractivity contribution is 6.04. The van der Waals surface area contributed by atoms with Gasteiger partial charge in [-0.1, -0.05) is 30.3 Å². The Kier molecular flexibility index (Phi) is 4.86. The largest absolute Gasteiger partial charge is 0.486 e. The summed E-state index contributed by atoms with van der Waals surface area (Å²) in [4.78, 5) is 36.7. The molecule has 0 aliphatic carbocycles. The number of hydrogen-bond donors (Lipinski definition) is 2. The molecule has 1 atom stereocenters. The van der Waals surface area contributed by atoms with E-state index in [2.05, 4.69) is 10.4 Å². The molecular formula is C20H18N4O5. The van der Waals surface area contributed by atoms with Crippen molar-refractivity contribution in [1.82, 2.24) is 15.1 Å². The van der Waals surface area contributed by atoms with Gasteiger partial charge in [0.05, 0.1) is 11.9 Å². The zero-order chi connectivity index (χ0) is 20.4. The quantitative estimate of drug-likeness (QED) is 0.647. The third kappa shape index (κ3) is 3.75. The molecule has 3 N–H and O–H groups in total. The van der Waals surface area contributed by atoms with E-state index in [1.54, 1.807) is 36.4 Å². The minimum absolute atomic E-state index is 0.0615. The molecule has 2 amide bonds. The van der Waals surface area contributed by atoms with E-state index in [4.69, 9.17) is 15.2 Å². The Balaban J connectivity index is 1.46. The number of para-hydroxylation sites is 2. The number of carbonyl (C=O) groups excluding carboxylic acids is 2. The SMILES string of the molecule is NC(=O)c1nn(CC(=O)NC[C@@H]2COc3ccccc3O2)c(=O)c2ccccc12. The number of aromatic nitrogens is 2. The highest BCUT2D eigenvalue weighted by Crippen LogP contribution is 2.30. The molecule has 0 saturated carbocycles. The number of ether oxygens (including phenoxy) is 2. The molecule has 0 spiro atoms. The van der Waals surface area contributed by atoms with Gasteiger partial charge in [0.25, 0.3) is 11.5 Å². The summed E-state index contributed by atoms with van der Waals surface area (Å²) < 4.78 is 12.3. The summed E-state index contributed by atoms with van der Waals surface area (Å²) in [6, 6.07) is 13.8. The van der Waals surface area contributed by atoms with E-state index in [9.17, 15) is 14.4 Å². The number of primary amides is 1. The summed E-state index contributed by atoms with van der Waals surface area (Å²) in [6.07, 6.45) is -0.365. The van der Waals surface area contributed by atoms with Crippen LogP contribution in [0.5, 0.6) is 11.5 Å². The first kappa shape index (κ1) is 18.5. The van der Waals surface area contributed by atoms with E-state index in [0.29, 0.717) is 16.9 Å². The number of fused-ring (bicyclic) bond motifs is 2. The Morgan fingerprint density at radius 3 is 2.55 bits per heavy atom. The predicted octanol–water partition coefficient (Wildman–Crippen LogP) is 0.452. The number of benzene rings is 2. The fraction of sp³-hybridized carbons (Fsp3) is 0.200. The molecular weight excluding hydrogens is 376 g/mol. The van der Waals surface area contributed by atoms with E-state index < -0.39 is 17.4 Å². The maximum atomic E-state index is 12.6. The van der Waals surface area contributed by atoms with Crippen LogP contribution in [0.25, 0.3) is 10.8 Å². The van der Waals surface area contributed by atoms with Crippen LogP contribution in [0.3, 0.4) is 0 Å². The lowest BCUT2D eigenvalue weighted by atomic mass is 10.1. The number of rotatable bonds is 5. The number of amides is 2. The van der Waals surface area contributed by atoms with Crippen LogP contribution in [-0.2, 0) is 11.3 Å². The van der Waals surface area contributed by atoms with Gasteiger partial charge < -0.3 is 20.5 Å². The monoisotopic (exact) mass is 394 g/mol. The van der Waals surface area contributed by atoms with E-state index in [1.807, 2.05) is 12.1 Å². The van der Waals surface area contributed by atoms with Crippen molar-refractivity contribution in [2.45, 2.75) is 12.6 Å². The van der Waals surface area contributed by atoms with Gasteiger partial charge in [-0.3, -0.25) is 14.4 Å². The molecule has 9 nitrogen and oxygen atoms in total. The van der Waals surface area contributed by atoms with Crippen molar-refractivity contribution >= 4 is 22.6 Å². The van der Waals surface area contributed by atoms with Gasteiger partial charge in [-0.25, -0.2) is 4.68 Å². The fourth-order valence-electron chi connectivity index (χ4n) is 3.11. The normalized spacial score (nSPS) is 15.1. The number of nitrogens with two attached hydrogens (primary N) is 1. The van der Waals surface area contributed by atoms with Gasteiger partial charge >= 0.3 is 0 Å². The topological polar surface area (TPSA) is 126 Å². The molecule has 0 unspecified atom stereocenters. The molecule has 2 aromatic carbocycles. The lowest BCUT2D eigenvalue weighted by Gasteiger charge is -2.26. The third-order valence-corrected chi connectivity index (χ3v) is 4.49. The molecule has 4 rings (SSSR count). The lowest BCUT2D eigenvalue weighted by molar-refractivity contribution is -0.122. The highest BCUT2D eigenvalue weighted by atomic mass is 16.6. The van der Waals surface area contributed by atoms with Crippen LogP contribution >= 0.6 is 0 Å². The van der Waals surface area contributed by atoms with Crippen LogP contribution in [0.15, 0.2) is 53.3 Å². The van der Waals surface area contributed by atoms with Crippen molar-refractivity contribution in [1.29, 1.82) is 0 Å². The van der Waals surface area contributed by atoms with Crippen molar-refractivity contribution in [3.05, 3.63) is 64.6 Å². The zero-order valence-electron chi connectivity index (χ0n) is 15.3. The number of hydrogen-bond acceptors (Lipinski definition) is 6. The molecule has 0 bridgehead atoms. The summed E-state index contributed by atoms with van der Waals surface area (Å²) in [7, 11) is 0. The van der Waals surface area contributed by atoms with Crippen molar-refractivity contribution in [2.24, 2.45) is 5.73 Å². The fourth-order valence-corrected chi connectivity index (χ4v) is 3.11. The average Bonchev–Trinajstić information content (AvgIpc) is 2.74. The molecule has 148 valence electrons. The van der Waals surface area contributed by atoms with Crippen molar-refractivity contribution in [2.75, 3.05) is 13.2 Å². The first-order valence-corrected chi connectivity index (χ1v) is 8.98. The van der Waals surface area contributed by atoms with Gasteiger partial charge in [0, 0.05) is 5.39 Å². The van der Waals surface area contributed by atoms with E-state index in [0.717, 1.165) is 4.68 Å². The summed E-state index contributed by atoms with van der Waals surface area (Å²) in [6.45, 7) is 0.129. The summed E-state index contributed by atoms with van der Waals surface area (Å²) in [5.74, 6) is 0.0343. The van der Waals surface area contributed by atoms with Crippen molar-refractivity contribution in [3.63, 3.8) is 0 Å². The van der Waals surface area contributed by atoms with Gasteiger partial charge in [-0.2, -0.15) is 5.10 Å². The van der Waals surface area contributed by atoms with E-state index in [1.165, 1.54) is 0 Å². The summed E-state index contributed by atoms with van der Waals surface area (Å²) >= 11 is 0. The van der Waals surface area contributed by atoms with Gasteiger partial charge in [-0.15, -0.1) is 0 Å². The minimum atomic E-state index is -0.776. The van der Waals surface area contributed by atoms with Crippen molar-refractivity contribution < 1.29 is 19.1 Å². The van der Waals surface area contributed by atoms with Gasteiger partial charge in [0.15, 0.2) is 17.2 Å². The smallest absolute Gasteiger partial charge is 0.275 e. The predicted molar refractivity (Wildman–Crippen MR) is 104 cm³/mol. The maximum absolute atomic E-state index is 12.6. The minimum Gasteiger partial charge on any atom is -0.486 e. The standard InChI is InChI=1S/C20H18N4O5/c21-19(26)18-13-5-1-2-6-14(13)20(27)24(23-18)10-17(25)22-9-12-11-28-15-7-3-4-8-16(15)29-12/h1-8,12H,9-11H2,(H2,21,26)(H,22,25)/t12-/m1/s1. The molecule has 2 heterocycles. The maximum Gasteiger partial charge on any atom is 0.275 e. The Morgan fingerprint density at radius 2 is 1.79 bits per heavy atom. The molecule has 9 heteroatoms. The Labute approximate surface area is 165 Å². The lowest BCUT2D eigenvalue weighted by Crippen LogP contribution is -2.43. The molecule has 3 aromatic rings. The Bertz CT molecular complexity index is 1160. The molecule has 29 heavy (non-hydrogen) atoms. The average molecular weight is 394 g/mol. The summed E-state index contributed by atoms with van der Waals surface area (Å²) in [5.41, 5.74) is 4.84. The number of nitrogens with zero attached hydrogens (tertiary/aromatic N) is 2. The van der Waals surface area contributed by atoms with Crippen LogP contribution in [0.1, 0.15) is 10.5 Å². The molecule has 1 aromatic heterocycles. The third-order valence-electron chi connectivity index (χ3n) is 4.49. The van der Waals surface area contributed by atoms with Gasteiger partial charge in [0.2, 0.25) is 5.91 Å². The van der Waals surface area contributed by atoms with Crippen LogP contribution in [-0.4, -0.2) is 40.9 Å². The second-order valence-electron chi connectivity index (χ2n) is 6.52. The molecule has 0 saturated heterocycles. The van der Waals surface area contributed by atoms with E-state index in [-0.39, 0.29) is 36.9 Å². The first-order valence-electron chi connectivity index (χ1n) is 8.98.